The summed E-state index contributed by atoms with van der Waals surface area (Å²) in [6.07, 6.45) is 0.482. The molecule has 0 saturated carbocycles. The van der Waals surface area contributed by atoms with E-state index in [1.54, 1.807) is 0 Å². The molecule has 78 valence electrons. The first kappa shape index (κ1) is 10.4. The lowest BCUT2D eigenvalue weighted by atomic mass is 9.98. The van der Waals surface area contributed by atoms with Gasteiger partial charge >= 0.3 is 0 Å². The van der Waals surface area contributed by atoms with E-state index in [0.29, 0.717) is 6.42 Å². The molecule has 0 aliphatic rings. The van der Waals surface area contributed by atoms with Gasteiger partial charge in [0.2, 0.25) is 0 Å². The molecule has 0 unspecified atom stereocenters. The molecule has 2 aromatic rings. The average molecular weight is 207 g/mol. The maximum absolute atomic E-state index is 8.65. The molecule has 2 aromatic carbocycles. The number of hydrogen-bond donors (Lipinski definition) is 0. The van der Waals surface area contributed by atoms with Crippen LogP contribution in [0.3, 0.4) is 0 Å². The van der Waals surface area contributed by atoms with E-state index in [4.69, 9.17) is 5.26 Å². The molecule has 0 fully saturated rings. The largest absolute Gasteiger partial charge is 0.198 e. The van der Waals surface area contributed by atoms with E-state index < -0.39 is 0 Å². The van der Waals surface area contributed by atoms with E-state index >= 15 is 0 Å². The van der Waals surface area contributed by atoms with E-state index in [-0.39, 0.29) is 0 Å². The van der Waals surface area contributed by atoms with E-state index in [2.05, 4.69) is 37.3 Å². The number of aryl methyl sites for hydroxylation is 1. The highest BCUT2D eigenvalue weighted by Gasteiger charge is 2.02. The van der Waals surface area contributed by atoms with E-state index in [9.17, 15) is 0 Å². The lowest BCUT2D eigenvalue weighted by Crippen LogP contribution is -1.87. The van der Waals surface area contributed by atoms with Crippen molar-refractivity contribution >= 4 is 0 Å². The smallest absolute Gasteiger partial charge is 0.0669 e. The van der Waals surface area contributed by atoms with Gasteiger partial charge in [-0.2, -0.15) is 5.26 Å². The predicted molar refractivity (Wildman–Crippen MR) is 65.9 cm³/mol. The fraction of sp³-hybridized carbons (Fsp3) is 0.133. The molecule has 0 amide bonds. The molecule has 0 aliphatic carbocycles. The monoisotopic (exact) mass is 207 g/mol. The number of rotatable bonds is 2. The van der Waals surface area contributed by atoms with Crippen LogP contribution >= 0.6 is 0 Å². The van der Waals surface area contributed by atoms with Crippen LogP contribution in [0.1, 0.15) is 11.1 Å². The van der Waals surface area contributed by atoms with Crippen LogP contribution in [0.5, 0.6) is 0 Å². The Morgan fingerprint density at radius 2 is 1.81 bits per heavy atom. The van der Waals surface area contributed by atoms with Gasteiger partial charge in [0.15, 0.2) is 0 Å². The van der Waals surface area contributed by atoms with Gasteiger partial charge in [0.05, 0.1) is 12.5 Å². The minimum absolute atomic E-state index is 0.482. The predicted octanol–water partition coefficient (Wildman–Crippen LogP) is 3.73. The van der Waals surface area contributed by atoms with Gasteiger partial charge in [0.25, 0.3) is 0 Å². The number of nitrogens with zero attached hydrogens (tertiary/aromatic N) is 1. The van der Waals surface area contributed by atoms with Crippen LogP contribution < -0.4 is 0 Å². The van der Waals surface area contributed by atoms with Gasteiger partial charge in [-0.1, -0.05) is 48.5 Å². The van der Waals surface area contributed by atoms with Crippen molar-refractivity contribution in [1.82, 2.24) is 0 Å². The van der Waals surface area contributed by atoms with Crippen molar-refractivity contribution in [2.24, 2.45) is 0 Å². The van der Waals surface area contributed by atoms with Crippen LogP contribution in [0.4, 0.5) is 0 Å². The van der Waals surface area contributed by atoms with E-state index in [0.717, 1.165) is 5.56 Å². The molecule has 1 heteroatoms. The summed E-state index contributed by atoms with van der Waals surface area (Å²) in [6.45, 7) is 2.09. The first-order valence-electron chi connectivity index (χ1n) is 5.33. The van der Waals surface area contributed by atoms with Crippen LogP contribution in [0.15, 0.2) is 48.5 Å². The van der Waals surface area contributed by atoms with Crippen LogP contribution in [-0.2, 0) is 6.42 Å². The summed E-state index contributed by atoms with van der Waals surface area (Å²) >= 11 is 0. The molecule has 0 radical (unpaired) electrons. The van der Waals surface area contributed by atoms with Crippen molar-refractivity contribution in [2.75, 3.05) is 0 Å². The van der Waals surface area contributed by atoms with Crippen LogP contribution in [0.2, 0.25) is 0 Å². The van der Waals surface area contributed by atoms with Crippen molar-refractivity contribution in [1.29, 1.82) is 5.26 Å². The van der Waals surface area contributed by atoms with Crippen LogP contribution in [-0.4, -0.2) is 0 Å². The number of benzene rings is 2. The van der Waals surface area contributed by atoms with Gasteiger partial charge in [-0.3, -0.25) is 0 Å². The Kier molecular flexibility index (Phi) is 3.03. The molecule has 0 aliphatic heterocycles. The maximum Gasteiger partial charge on any atom is 0.0669 e. The maximum atomic E-state index is 8.65. The summed E-state index contributed by atoms with van der Waals surface area (Å²) in [4.78, 5) is 0. The second-order valence-corrected chi connectivity index (χ2v) is 3.85. The minimum Gasteiger partial charge on any atom is -0.198 e. The summed E-state index contributed by atoms with van der Waals surface area (Å²) < 4.78 is 0. The highest BCUT2D eigenvalue weighted by atomic mass is 14.2. The average Bonchev–Trinajstić information content (AvgIpc) is 2.31. The van der Waals surface area contributed by atoms with Gasteiger partial charge in [-0.15, -0.1) is 0 Å². The fourth-order valence-corrected chi connectivity index (χ4v) is 1.87. The van der Waals surface area contributed by atoms with Crippen molar-refractivity contribution in [3.05, 3.63) is 59.7 Å². The standard InChI is InChI=1S/C15H13N/c1-12-11-13(9-10-16)7-8-15(12)14-5-3-2-4-6-14/h2-8,11H,9H2,1H3. The van der Waals surface area contributed by atoms with Crippen molar-refractivity contribution in [3.8, 4) is 17.2 Å². The summed E-state index contributed by atoms with van der Waals surface area (Å²) in [5.41, 5.74) is 4.77. The SMILES string of the molecule is Cc1cc(CC#N)ccc1-c1ccccc1. The number of nitriles is 1. The lowest BCUT2D eigenvalue weighted by Gasteiger charge is -2.07. The summed E-state index contributed by atoms with van der Waals surface area (Å²) in [7, 11) is 0. The Labute approximate surface area is 96.0 Å². The zero-order valence-electron chi connectivity index (χ0n) is 9.27. The van der Waals surface area contributed by atoms with Gasteiger partial charge in [0, 0.05) is 0 Å². The molecule has 0 saturated heterocycles. The zero-order chi connectivity index (χ0) is 11.4. The van der Waals surface area contributed by atoms with Crippen molar-refractivity contribution in [3.63, 3.8) is 0 Å². The minimum atomic E-state index is 0.482. The Morgan fingerprint density at radius 3 is 2.44 bits per heavy atom. The van der Waals surface area contributed by atoms with Crippen LogP contribution in [0.25, 0.3) is 11.1 Å². The molecule has 1 nitrogen and oxygen atoms in total. The zero-order valence-corrected chi connectivity index (χ0v) is 9.27. The van der Waals surface area contributed by atoms with E-state index in [1.165, 1.54) is 16.7 Å². The molecule has 2 rings (SSSR count). The molecule has 0 bridgehead atoms. The first-order valence-corrected chi connectivity index (χ1v) is 5.33. The lowest BCUT2D eigenvalue weighted by molar-refractivity contribution is 1.25. The normalized spacial score (nSPS) is 9.75. The molecular formula is C15H13N. The molecular weight excluding hydrogens is 194 g/mol. The number of hydrogen-bond acceptors (Lipinski definition) is 1. The highest BCUT2D eigenvalue weighted by Crippen LogP contribution is 2.23. The van der Waals surface area contributed by atoms with Crippen molar-refractivity contribution in [2.45, 2.75) is 13.3 Å². The Balaban J connectivity index is 2.41. The summed E-state index contributed by atoms with van der Waals surface area (Å²) in [5.74, 6) is 0. The first-order chi connectivity index (χ1) is 7.81. The second-order valence-electron chi connectivity index (χ2n) is 3.85. The molecule has 0 spiro atoms. The Bertz CT molecular complexity index is 521. The Morgan fingerprint density at radius 1 is 1.06 bits per heavy atom. The quantitative estimate of drug-likeness (QED) is 0.736. The molecule has 0 heterocycles. The Hall–Kier alpha value is -2.07. The van der Waals surface area contributed by atoms with Crippen molar-refractivity contribution < 1.29 is 0 Å². The molecule has 16 heavy (non-hydrogen) atoms. The van der Waals surface area contributed by atoms with Gasteiger partial charge in [-0.05, 0) is 29.2 Å². The topological polar surface area (TPSA) is 23.8 Å². The third-order valence-electron chi connectivity index (χ3n) is 2.66. The molecule has 0 aromatic heterocycles. The summed E-state index contributed by atoms with van der Waals surface area (Å²) in [5, 5.41) is 8.65. The molecule has 0 N–H and O–H groups in total. The third kappa shape index (κ3) is 2.12. The molecule has 0 atom stereocenters. The highest BCUT2D eigenvalue weighted by molar-refractivity contribution is 5.67. The second kappa shape index (κ2) is 4.63. The van der Waals surface area contributed by atoms with Gasteiger partial charge in [-0.25, -0.2) is 0 Å². The fourth-order valence-electron chi connectivity index (χ4n) is 1.87. The van der Waals surface area contributed by atoms with Gasteiger partial charge in [0.1, 0.15) is 0 Å². The van der Waals surface area contributed by atoms with E-state index in [1.807, 2.05) is 24.3 Å². The third-order valence-corrected chi connectivity index (χ3v) is 2.66. The van der Waals surface area contributed by atoms with Gasteiger partial charge < -0.3 is 0 Å². The summed E-state index contributed by atoms with van der Waals surface area (Å²) in [6, 6.07) is 18.7. The van der Waals surface area contributed by atoms with Crippen LogP contribution in [0, 0.1) is 18.3 Å².